The third-order valence-electron chi connectivity index (χ3n) is 4.11. The van der Waals surface area contributed by atoms with Crippen molar-refractivity contribution in [2.24, 2.45) is 5.73 Å². The van der Waals surface area contributed by atoms with Gasteiger partial charge in [0.2, 0.25) is 0 Å². The van der Waals surface area contributed by atoms with E-state index in [2.05, 4.69) is 72.3 Å². The lowest BCUT2D eigenvalue weighted by molar-refractivity contribution is 0.743. The summed E-state index contributed by atoms with van der Waals surface area (Å²) in [6.07, 6.45) is 8.16. The number of nitrogens with two attached hydrogens (primary N) is 1. The Morgan fingerprint density at radius 1 is 1.09 bits per heavy atom. The number of nitrogens with zero attached hydrogens (tertiary/aromatic N) is 1. The van der Waals surface area contributed by atoms with Crippen molar-refractivity contribution < 1.29 is 0 Å². The van der Waals surface area contributed by atoms with E-state index in [0.29, 0.717) is 0 Å². The molecule has 0 bridgehead atoms. The summed E-state index contributed by atoms with van der Waals surface area (Å²) < 4.78 is 0. The Morgan fingerprint density at radius 2 is 1.82 bits per heavy atom. The van der Waals surface area contributed by atoms with Crippen LogP contribution in [0.1, 0.15) is 24.4 Å². The fourth-order valence-electron chi connectivity index (χ4n) is 3.01. The van der Waals surface area contributed by atoms with Gasteiger partial charge in [-0.25, -0.2) is 0 Å². The average molecular weight is 290 g/mol. The Morgan fingerprint density at radius 3 is 2.55 bits per heavy atom. The summed E-state index contributed by atoms with van der Waals surface area (Å²) in [5, 5.41) is 0. The van der Waals surface area contributed by atoms with Crippen LogP contribution >= 0.6 is 0 Å². The van der Waals surface area contributed by atoms with Crippen molar-refractivity contribution in [3.8, 4) is 11.1 Å². The van der Waals surface area contributed by atoms with Crippen LogP contribution in [0.4, 0.5) is 5.69 Å². The predicted octanol–water partition coefficient (Wildman–Crippen LogP) is 4.65. The Balaban J connectivity index is 2.08. The molecule has 0 fully saturated rings. The molecule has 1 heterocycles. The molecule has 1 unspecified atom stereocenters. The highest BCUT2D eigenvalue weighted by Crippen LogP contribution is 2.36. The Bertz CT molecular complexity index is 688. The van der Waals surface area contributed by atoms with Crippen LogP contribution in [0.25, 0.3) is 11.1 Å². The van der Waals surface area contributed by atoms with Crippen molar-refractivity contribution in [2.75, 3.05) is 11.4 Å². The lowest BCUT2D eigenvalue weighted by Gasteiger charge is -2.22. The van der Waals surface area contributed by atoms with Crippen molar-refractivity contribution in [3.05, 3.63) is 79.0 Å². The SMILES string of the molecule is C=CCC(N)c1ccccc1-c1ccccc1N1C=CCC1. The van der Waals surface area contributed by atoms with E-state index in [4.69, 9.17) is 5.73 Å². The van der Waals surface area contributed by atoms with Crippen LogP contribution in [0.5, 0.6) is 0 Å². The Labute approximate surface area is 132 Å². The van der Waals surface area contributed by atoms with E-state index in [1.165, 1.54) is 22.4 Å². The molecule has 1 aliphatic rings. The second kappa shape index (κ2) is 6.63. The minimum absolute atomic E-state index is 0.0177. The topological polar surface area (TPSA) is 29.3 Å². The van der Waals surface area contributed by atoms with Gasteiger partial charge in [0.05, 0.1) is 0 Å². The summed E-state index contributed by atoms with van der Waals surface area (Å²) in [7, 11) is 0. The van der Waals surface area contributed by atoms with Crippen LogP contribution in [0.3, 0.4) is 0 Å². The van der Waals surface area contributed by atoms with Gasteiger partial charge in [-0.05, 0) is 30.0 Å². The number of hydrogen-bond donors (Lipinski definition) is 1. The lowest BCUT2D eigenvalue weighted by Crippen LogP contribution is -2.14. The highest BCUT2D eigenvalue weighted by atomic mass is 15.1. The summed E-state index contributed by atoms with van der Waals surface area (Å²) in [4.78, 5) is 2.31. The van der Waals surface area contributed by atoms with Crippen molar-refractivity contribution in [2.45, 2.75) is 18.9 Å². The molecule has 2 heteroatoms. The largest absolute Gasteiger partial charge is 0.347 e. The van der Waals surface area contributed by atoms with Gasteiger partial charge in [-0.2, -0.15) is 0 Å². The van der Waals surface area contributed by atoms with E-state index in [1.54, 1.807) is 0 Å². The van der Waals surface area contributed by atoms with Crippen molar-refractivity contribution >= 4 is 5.69 Å². The summed E-state index contributed by atoms with van der Waals surface area (Å²) in [6, 6.07) is 17.0. The van der Waals surface area contributed by atoms with Crippen LogP contribution in [0.15, 0.2) is 73.5 Å². The molecule has 0 saturated carbocycles. The molecule has 2 N–H and O–H groups in total. The zero-order valence-corrected chi connectivity index (χ0v) is 12.8. The first kappa shape index (κ1) is 14.6. The molecule has 1 atom stereocenters. The molecule has 0 aliphatic carbocycles. The minimum atomic E-state index is -0.0177. The van der Waals surface area contributed by atoms with E-state index in [0.717, 1.165) is 19.4 Å². The molecule has 2 aromatic carbocycles. The quantitative estimate of drug-likeness (QED) is 0.812. The molecule has 0 amide bonds. The zero-order chi connectivity index (χ0) is 15.4. The summed E-state index contributed by atoms with van der Waals surface area (Å²) in [6.45, 7) is 4.85. The molecule has 0 aromatic heterocycles. The van der Waals surface area contributed by atoms with Gasteiger partial charge < -0.3 is 10.6 Å². The van der Waals surface area contributed by atoms with E-state index in [-0.39, 0.29) is 6.04 Å². The summed E-state index contributed by atoms with van der Waals surface area (Å²) >= 11 is 0. The standard InChI is InChI=1S/C20H22N2/c1-2-9-19(21)17-11-4-3-10-16(17)18-12-5-6-13-20(18)22-14-7-8-15-22/h2-7,10-14,19H,1,8-9,15,21H2. The van der Waals surface area contributed by atoms with Crippen molar-refractivity contribution in [1.29, 1.82) is 0 Å². The van der Waals surface area contributed by atoms with Crippen molar-refractivity contribution in [3.63, 3.8) is 0 Å². The van der Waals surface area contributed by atoms with Gasteiger partial charge in [0.25, 0.3) is 0 Å². The second-order valence-corrected chi connectivity index (χ2v) is 5.60. The second-order valence-electron chi connectivity index (χ2n) is 5.60. The molecule has 0 radical (unpaired) electrons. The van der Waals surface area contributed by atoms with Gasteiger partial charge in [-0.15, -0.1) is 6.58 Å². The van der Waals surface area contributed by atoms with E-state index < -0.39 is 0 Å². The molecule has 3 rings (SSSR count). The summed E-state index contributed by atoms with van der Waals surface area (Å²) in [5.74, 6) is 0. The van der Waals surface area contributed by atoms with Gasteiger partial charge in [-0.3, -0.25) is 0 Å². The molecule has 112 valence electrons. The van der Waals surface area contributed by atoms with E-state index in [9.17, 15) is 0 Å². The maximum atomic E-state index is 6.35. The smallest absolute Gasteiger partial charge is 0.0485 e. The molecule has 1 aliphatic heterocycles. The third kappa shape index (κ3) is 2.83. The lowest BCUT2D eigenvalue weighted by atomic mass is 9.92. The van der Waals surface area contributed by atoms with Gasteiger partial charge in [-0.1, -0.05) is 54.6 Å². The zero-order valence-electron chi connectivity index (χ0n) is 12.8. The monoisotopic (exact) mass is 290 g/mol. The number of para-hydroxylation sites is 1. The van der Waals surface area contributed by atoms with Crippen LogP contribution in [0, 0.1) is 0 Å². The van der Waals surface area contributed by atoms with Crippen LogP contribution in [-0.4, -0.2) is 6.54 Å². The Hall–Kier alpha value is -2.32. The molecule has 22 heavy (non-hydrogen) atoms. The number of rotatable bonds is 5. The first-order valence-corrected chi connectivity index (χ1v) is 7.79. The van der Waals surface area contributed by atoms with Gasteiger partial charge in [0, 0.05) is 30.0 Å². The van der Waals surface area contributed by atoms with Crippen LogP contribution in [0.2, 0.25) is 0 Å². The van der Waals surface area contributed by atoms with Crippen LogP contribution < -0.4 is 10.6 Å². The van der Waals surface area contributed by atoms with Gasteiger partial charge in [0.1, 0.15) is 0 Å². The molecular formula is C20H22N2. The average Bonchev–Trinajstić information content (AvgIpc) is 3.09. The minimum Gasteiger partial charge on any atom is -0.347 e. The molecule has 0 saturated heterocycles. The number of hydrogen-bond acceptors (Lipinski definition) is 2. The molecule has 2 aromatic rings. The maximum Gasteiger partial charge on any atom is 0.0485 e. The third-order valence-corrected chi connectivity index (χ3v) is 4.11. The van der Waals surface area contributed by atoms with Crippen LogP contribution in [-0.2, 0) is 0 Å². The highest BCUT2D eigenvalue weighted by Gasteiger charge is 2.16. The fourth-order valence-corrected chi connectivity index (χ4v) is 3.01. The van der Waals surface area contributed by atoms with Gasteiger partial charge in [0.15, 0.2) is 0 Å². The van der Waals surface area contributed by atoms with Gasteiger partial charge >= 0.3 is 0 Å². The van der Waals surface area contributed by atoms with Crippen molar-refractivity contribution in [1.82, 2.24) is 0 Å². The molecule has 2 nitrogen and oxygen atoms in total. The van der Waals surface area contributed by atoms with E-state index in [1.807, 2.05) is 6.08 Å². The molecule has 0 spiro atoms. The normalized spacial score (nSPS) is 15.0. The maximum absolute atomic E-state index is 6.35. The molecular weight excluding hydrogens is 268 g/mol. The fraction of sp³-hybridized carbons (Fsp3) is 0.200. The van der Waals surface area contributed by atoms with E-state index >= 15 is 0 Å². The summed E-state index contributed by atoms with van der Waals surface area (Å²) in [5.41, 5.74) is 11.2. The first-order chi connectivity index (χ1) is 10.8. The number of anilines is 1. The number of benzene rings is 2. The Kier molecular flexibility index (Phi) is 4.40. The highest BCUT2D eigenvalue weighted by molar-refractivity contribution is 5.81. The first-order valence-electron chi connectivity index (χ1n) is 7.79. The predicted molar refractivity (Wildman–Crippen MR) is 94.7 cm³/mol.